The highest BCUT2D eigenvalue weighted by atomic mass is 16.3. The summed E-state index contributed by atoms with van der Waals surface area (Å²) >= 11 is 0. The second kappa shape index (κ2) is 6.43. The summed E-state index contributed by atoms with van der Waals surface area (Å²) in [5, 5.41) is 3.26. The van der Waals surface area contributed by atoms with E-state index in [2.05, 4.69) is 23.3 Å². The van der Waals surface area contributed by atoms with Gasteiger partial charge in [0.05, 0.1) is 12.8 Å². The van der Waals surface area contributed by atoms with Crippen molar-refractivity contribution in [3.05, 3.63) is 78.0 Å². The number of anilines is 2. The summed E-state index contributed by atoms with van der Waals surface area (Å²) in [7, 11) is 0. The molecule has 0 radical (unpaired) electrons. The van der Waals surface area contributed by atoms with Gasteiger partial charge in [-0.05, 0) is 49.2 Å². The van der Waals surface area contributed by atoms with E-state index in [0.29, 0.717) is 12.2 Å². The lowest BCUT2D eigenvalue weighted by molar-refractivity contribution is 0.0976. The van der Waals surface area contributed by atoms with E-state index in [4.69, 9.17) is 4.42 Å². The number of pyridine rings is 1. The monoisotopic (exact) mass is 333 g/mol. The molecule has 5 nitrogen and oxygen atoms in total. The van der Waals surface area contributed by atoms with Crippen molar-refractivity contribution in [3.8, 4) is 0 Å². The van der Waals surface area contributed by atoms with Gasteiger partial charge >= 0.3 is 0 Å². The number of nitrogens with one attached hydrogen (secondary N) is 1. The largest absolute Gasteiger partial charge is 0.467 e. The van der Waals surface area contributed by atoms with Crippen LogP contribution in [-0.2, 0) is 13.0 Å². The fourth-order valence-electron chi connectivity index (χ4n) is 3.26. The van der Waals surface area contributed by atoms with Crippen LogP contribution in [0.25, 0.3) is 0 Å². The van der Waals surface area contributed by atoms with Gasteiger partial charge < -0.3 is 14.6 Å². The molecule has 0 spiro atoms. The lowest BCUT2D eigenvalue weighted by Gasteiger charge is -2.22. The number of nitrogens with zero attached hydrogens (tertiary/aromatic N) is 2. The summed E-state index contributed by atoms with van der Waals surface area (Å²) in [6.07, 6.45) is 4.17. The van der Waals surface area contributed by atoms with E-state index >= 15 is 0 Å². The number of benzene rings is 1. The van der Waals surface area contributed by atoms with Crippen LogP contribution in [0.3, 0.4) is 0 Å². The van der Waals surface area contributed by atoms with Crippen molar-refractivity contribution in [1.82, 2.24) is 4.98 Å². The molecule has 1 aliphatic rings. The van der Waals surface area contributed by atoms with Gasteiger partial charge in [0.15, 0.2) is 0 Å². The molecule has 126 valence electrons. The van der Waals surface area contributed by atoms with E-state index in [0.717, 1.165) is 23.6 Å². The van der Waals surface area contributed by atoms with Gasteiger partial charge in [-0.25, -0.2) is 0 Å². The lowest BCUT2D eigenvalue weighted by atomic mass is 10.1. The quantitative estimate of drug-likeness (QED) is 0.787. The van der Waals surface area contributed by atoms with Crippen LogP contribution < -0.4 is 10.2 Å². The molecule has 25 heavy (non-hydrogen) atoms. The molecule has 0 saturated carbocycles. The third-order valence-corrected chi connectivity index (χ3v) is 4.45. The topological polar surface area (TPSA) is 58.4 Å². The Morgan fingerprint density at radius 1 is 1.28 bits per heavy atom. The van der Waals surface area contributed by atoms with Gasteiger partial charge in [-0.1, -0.05) is 18.2 Å². The van der Waals surface area contributed by atoms with Crippen molar-refractivity contribution < 1.29 is 9.21 Å². The van der Waals surface area contributed by atoms with Crippen molar-refractivity contribution in [1.29, 1.82) is 0 Å². The van der Waals surface area contributed by atoms with Crippen molar-refractivity contribution in [2.45, 2.75) is 25.9 Å². The molecule has 0 bridgehead atoms. The minimum absolute atomic E-state index is 0.0703. The Morgan fingerprint density at radius 3 is 3.00 bits per heavy atom. The molecule has 4 rings (SSSR count). The smallest absolute Gasteiger partial charge is 0.277 e. The maximum absolute atomic E-state index is 13.0. The Bertz CT molecular complexity index is 889. The number of aromatic nitrogens is 1. The molecule has 1 aliphatic heterocycles. The molecule has 3 aromatic rings. The molecule has 2 aromatic heterocycles. The molecule has 0 fully saturated rings. The van der Waals surface area contributed by atoms with Crippen LogP contribution in [0.1, 0.15) is 28.7 Å². The zero-order valence-electron chi connectivity index (χ0n) is 14.0. The third kappa shape index (κ3) is 3.01. The summed E-state index contributed by atoms with van der Waals surface area (Å²) in [6.45, 7) is 2.63. The molecule has 1 N–H and O–H groups in total. The maximum Gasteiger partial charge on any atom is 0.277 e. The highest BCUT2D eigenvalue weighted by Crippen LogP contribution is 2.33. The average Bonchev–Trinajstić information content (AvgIpc) is 3.26. The zero-order valence-corrected chi connectivity index (χ0v) is 14.0. The number of hydrogen-bond acceptors (Lipinski definition) is 4. The highest BCUT2D eigenvalue weighted by Gasteiger charge is 2.31. The molecule has 5 heteroatoms. The molecule has 3 heterocycles. The minimum Gasteiger partial charge on any atom is -0.467 e. The van der Waals surface area contributed by atoms with E-state index in [1.165, 1.54) is 5.56 Å². The van der Waals surface area contributed by atoms with E-state index in [1.54, 1.807) is 18.5 Å². The highest BCUT2D eigenvalue weighted by molar-refractivity contribution is 6.06. The standard InChI is InChI=1S/C20H19N3O2/c1-14-11-15-5-2-3-7-19(15)23(14)20(24)18-12-16(8-9-21-18)22-13-17-6-4-10-25-17/h2-10,12,14H,11,13H2,1H3,(H,21,22). The second-order valence-electron chi connectivity index (χ2n) is 6.22. The molecule has 1 unspecified atom stereocenters. The molecule has 0 saturated heterocycles. The maximum atomic E-state index is 13.0. The van der Waals surface area contributed by atoms with E-state index in [-0.39, 0.29) is 11.9 Å². The predicted octanol–water partition coefficient (Wildman–Crippen LogP) is 3.88. The first kappa shape index (κ1) is 15.4. The fraction of sp³-hybridized carbons (Fsp3) is 0.200. The number of hydrogen-bond donors (Lipinski definition) is 1. The average molecular weight is 333 g/mol. The first-order chi connectivity index (χ1) is 12.2. The van der Waals surface area contributed by atoms with Crippen LogP contribution in [0.5, 0.6) is 0 Å². The second-order valence-corrected chi connectivity index (χ2v) is 6.22. The molecular weight excluding hydrogens is 314 g/mol. The van der Waals surface area contributed by atoms with Crippen LogP contribution >= 0.6 is 0 Å². The lowest BCUT2D eigenvalue weighted by Crippen LogP contribution is -2.36. The third-order valence-electron chi connectivity index (χ3n) is 4.45. The van der Waals surface area contributed by atoms with Crippen LogP contribution in [0.2, 0.25) is 0 Å². The molecular formula is C20H19N3O2. The Kier molecular flexibility index (Phi) is 3.98. The number of rotatable bonds is 4. The summed E-state index contributed by atoms with van der Waals surface area (Å²) in [5.74, 6) is 0.769. The van der Waals surface area contributed by atoms with E-state index in [1.807, 2.05) is 41.3 Å². The Balaban J connectivity index is 1.55. The molecule has 1 aromatic carbocycles. The van der Waals surface area contributed by atoms with Crippen LogP contribution in [-0.4, -0.2) is 16.9 Å². The van der Waals surface area contributed by atoms with Gasteiger partial charge in [0.2, 0.25) is 0 Å². The fourth-order valence-corrected chi connectivity index (χ4v) is 3.26. The number of carbonyl (C=O) groups excluding carboxylic acids is 1. The number of furan rings is 1. The van der Waals surface area contributed by atoms with Gasteiger partial charge in [0.1, 0.15) is 11.5 Å². The summed E-state index contributed by atoms with van der Waals surface area (Å²) < 4.78 is 5.31. The normalized spacial score (nSPS) is 15.9. The van der Waals surface area contributed by atoms with Gasteiger partial charge in [0, 0.05) is 23.6 Å². The van der Waals surface area contributed by atoms with Gasteiger partial charge in [-0.15, -0.1) is 0 Å². The SMILES string of the molecule is CC1Cc2ccccc2N1C(=O)c1cc(NCc2ccco2)ccn1. The summed E-state index contributed by atoms with van der Waals surface area (Å²) in [4.78, 5) is 19.1. The molecule has 0 aliphatic carbocycles. The number of carbonyl (C=O) groups is 1. The van der Waals surface area contributed by atoms with E-state index in [9.17, 15) is 4.79 Å². The Hall–Kier alpha value is -3.08. The summed E-state index contributed by atoms with van der Waals surface area (Å²) in [6, 6.07) is 15.6. The Morgan fingerprint density at radius 2 is 2.16 bits per heavy atom. The molecule has 1 amide bonds. The molecule has 1 atom stereocenters. The summed E-state index contributed by atoms with van der Waals surface area (Å²) in [5.41, 5.74) is 3.47. The van der Waals surface area contributed by atoms with Crippen LogP contribution in [0.15, 0.2) is 65.4 Å². The Labute approximate surface area is 146 Å². The van der Waals surface area contributed by atoms with Crippen molar-refractivity contribution in [2.24, 2.45) is 0 Å². The zero-order chi connectivity index (χ0) is 17.2. The van der Waals surface area contributed by atoms with Crippen LogP contribution in [0, 0.1) is 0 Å². The number of amides is 1. The van der Waals surface area contributed by atoms with Gasteiger partial charge in [-0.2, -0.15) is 0 Å². The van der Waals surface area contributed by atoms with Crippen LogP contribution in [0.4, 0.5) is 11.4 Å². The van der Waals surface area contributed by atoms with E-state index < -0.39 is 0 Å². The first-order valence-electron chi connectivity index (χ1n) is 8.36. The minimum atomic E-state index is -0.0703. The van der Waals surface area contributed by atoms with Crippen molar-refractivity contribution in [3.63, 3.8) is 0 Å². The van der Waals surface area contributed by atoms with Crippen molar-refractivity contribution >= 4 is 17.3 Å². The number of fused-ring (bicyclic) bond motifs is 1. The first-order valence-corrected chi connectivity index (χ1v) is 8.36. The number of para-hydroxylation sites is 1. The van der Waals surface area contributed by atoms with Gasteiger partial charge in [0.25, 0.3) is 5.91 Å². The predicted molar refractivity (Wildman–Crippen MR) is 96.7 cm³/mol. The van der Waals surface area contributed by atoms with Crippen molar-refractivity contribution in [2.75, 3.05) is 10.2 Å². The van der Waals surface area contributed by atoms with Gasteiger partial charge in [-0.3, -0.25) is 9.78 Å².